The number of nitrogens with one attached hydrogen (secondary N) is 1. The zero-order valence-corrected chi connectivity index (χ0v) is 12.9. The van der Waals surface area contributed by atoms with E-state index in [1.165, 1.54) is 5.56 Å². The summed E-state index contributed by atoms with van der Waals surface area (Å²) in [5, 5.41) is 2.94. The van der Waals surface area contributed by atoms with Crippen molar-refractivity contribution in [3.63, 3.8) is 0 Å². The second-order valence-electron chi connectivity index (χ2n) is 5.25. The maximum absolute atomic E-state index is 11.9. The average Bonchev–Trinajstić information content (AvgIpc) is 2.44. The van der Waals surface area contributed by atoms with Crippen LogP contribution >= 0.6 is 0 Å². The molecule has 0 aliphatic rings. The summed E-state index contributed by atoms with van der Waals surface area (Å²) in [5.74, 6) is 0.247. The second-order valence-corrected chi connectivity index (χ2v) is 5.25. The number of rotatable bonds is 8. The average molecular weight is 277 g/mol. The molecule has 0 fully saturated rings. The maximum Gasteiger partial charge on any atom is 0.224 e. The van der Waals surface area contributed by atoms with Gasteiger partial charge in [0.1, 0.15) is 0 Å². The van der Waals surface area contributed by atoms with Gasteiger partial charge in [-0.1, -0.05) is 32.9 Å². The lowest BCUT2D eigenvalue weighted by molar-refractivity contribution is -0.116. The minimum absolute atomic E-state index is 0.0305. The number of amides is 1. The van der Waals surface area contributed by atoms with E-state index in [2.05, 4.69) is 30.1 Å². The Bertz CT molecular complexity index is 416. The van der Waals surface area contributed by atoms with E-state index in [9.17, 15) is 4.79 Å². The van der Waals surface area contributed by atoms with Crippen molar-refractivity contribution in [1.82, 2.24) is 4.90 Å². The Hall–Kier alpha value is -1.39. The summed E-state index contributed by atoms with van der Waals surface area (Å²) in [6, 6.07) is 8.05. The first-order chi connectivity index (χ1) is 9.58. The number of benzene rings is 1. The molecule has 0 aromatic heterocycles. The third-order valence-corrected chi connectivity index (χ3v) is 3.45. The number of carbonyl (C=O) groups excluding carboxylic acids is 1. The van der Waals surface area contributed by atoms with Gasteiger partial charge in [0.25, 0.3) is 0 Å². The van der Waals surface area contributed by atoms with E-state index in [1.54, 1.807) is 0 Å². The van der Waals surface area contributed by atoms with E-state index in [0.29, 0.717) is 13.0 Å². The van der Waals surface area contributed by atoms with Crippen molar-refractivity contribution in [3.05, 3.63) is 29.8 Å². The first-order valence-corrected chi connectivity index (χ1v) is 7.40. The first-order valence-electron chi connectivity index (χ1n) is 7.40. The van der Waals surface area contributed by atoms with Gasteiger partial charge in [-0.2, -0.15) is 0 Å². The minimum Gasteiger partial charge on any atom is -0.330 e. The fourth-order valence-corrected chi connectivity index (χ4v) is 2.06. The van der Waals surface area contributed by atoms with Gasteiger partial charge in [-0.15, -0.1) is 0 Å². The molecule has 1 amide bonds. The molecule has 4 heteroatoms. The highest BCUT2D eigenvalue weighted by molar-refractivity contribution is 5.90. The van der Waals surface area contributed by atoms with Crippen molar-refractivity contribution >= 4 is 11.6 Å². The second kappa shape index (κ2) is 8.72. The van der Waals surface area contributed by atoms with E-state index in [4.69, 9.17) is 5.73 Å². The summed E-state index contributed by atoms with van der Waals surface area (Å²) in [4.78, 5) is 14.2. The van der Waals surface area contributed by atoms with Crippen molar-refractivity contribution in [2.24, 2.45) is 11.7 Å². The number of hydrogen-bond donors (Lipinski definition) is 2. The molecule has 4 nitrogen and oxygen atoms in total. The molecule has 0 radical (unpaired) electrons. The largest absolute Gasteiger partial charge is 0.330 e. The van der Waals surface area contributed by atoms with Gasteiger partial charge in [0.15, 0.2) is 0 Å². The Kier molecular flexibility index (Phi) is 7.26. The van der Waals surface area contributed by atoms with E-state index in [1.807, 2.05) is 25.1 Å². The summed E-state index contributed by atoms with van der Waals surface area (Å²) in [6.07, 6.45) is 0.469. The van der Waals surface area contributed by atoms with Crippen molar-refractivity contribution in [3.8, 4) is 0 Å². The van der Waals surface area contributed by atoms with E-state index < -0.39 is 0 Å². The normalized spacial score (nSPS) is 12.4. The topological polar surface area (TPSA) is 58.4 Å². The molecule has 1 atom stereocenters. The highest BCUT2D eigenvalue weighted by atomic mass is 16.1. The van der Waals surface area contributed by atoms with Crippen LogP contribution in [0.2, 0.25) is 0 Å². The zero-order chi connectivity index (χ0) is 15.0. The number of nitrogens with zero attached hydrogens (tertiary/aromatic N) is 1. The maximum atomic E-state index is 11.9. The number of nitrogens with two attached hydrogens (primary N) is 1. The molecular formula is C16H27N3O. The Morgan fingerprint density at radius 3 is 2.65 bits per heavy atom. The van der Waals surface area contributed by atoms with Gasteiger partial charge in [0.05, 0.1) is 0 Å². The van der Waals surface area contributed by atoms with Crippen molar-refractivity contribution in [2.45, 2.75) is 33.7 Å². The summed E-state index contributed by atoms with van der Waals surface area (Å²) < 4.78 is 0. The van der Waals surface area contributed by atoms with Crippen molar-refractivity contribution < 1.29 is 4.79 Å². The molecule has 0 saturated heterocycles. The van der Waals surface area contributed by atoms with E-state index >= 15 is 0 Å². The molecule has 0 aliphatic heterocycles. The molecule has 0 spiro atoms. The SMILES string of the molecule is CCN(CC)Cc1cccc(NC(=O)CC(C)CN)c1. The third-order valence-electron chi connectivity index (χ3n) is 3.45. The molecule has 1 aromatic rings. The first kappa shape index (κ1) is 16.7. The predicted octanol–water partition coefficient (Wildman–Crippen LogP) is 2.45. The standard InChI is InChI=1S/C16H27N3O/c1-4-19(5-2)12-14-7-6-8-15(10-14)18-16(20)9-13(3)11-17/h6-8,10,13H,4-5,9,11-12,17H2,1-3H3,(H,18,20). The highest BCUT2D eigenvalue weighted by Gasteiger charge is 2.08. The molecule has 0 saturated carbocycles. The van der Waals surface area contributed by atoms with Crippen LogP contribution < -0.4 is 11.1 Å². The van der Waals surface area contributed by atoms with Crippen LogP contribution in [0, 0.1) is 5.92 Å². The van der Waals surface area contributed by atoms with Crippen LogP contribution in [-0.2, 0) is 11.3 Å². The molecule has 0 heterocycles. The lowest BCUT2D eigenvalue weighted by atomic mass is 10.1. The molecule has 0 bridgehead atoms. The van der Waals surface area contributed by atoms with Crippen molar-refractivity contribution in [1.29, 1.82) is 0 Å². The van der Waals surface area contributed by atoms with Gasteiger partial charge < -0.3 is 11.1 Å². The van der Waals surface area contributed by atoms with E-state index in [0.717, 1.165) is 25.3 Å². The van der Waals surface area contributed by atoms with Gasteiger partial charge in [-0.3, -0.25) is 9.69 Å². The molecule has 1 unspecified atom stereocenters. The van der Waals surface area contributed by atoms with E-state index in [-0.39, 0.29) is 11.8 Å². The zero-order valence-electron chi connectivity index (χ0n) is 12.9. The fourth-order valence-electron chi connectivity index (χ4n) is 2.06. The smallest absolute Gasteiger partial charge is 0.224 e. The third kappa shape index (κ3) is 5.72. The molecule has 3 N–H and O–H groups in total. The predicted molar refractivity (Wildman–Crippen MR) is 84.5 cm³/mol. The Labute approximate surface area is 122 Å². The van der Waals surface area contributed by atoms with Gasteiger partial charge in [0, 0.05) is 18.7 Å². The molecule has 112 valence electrons. The van der Waals surface area contributed by atoms with Gasteiger partial charge in [-0.05, 0) is 43.2 Å². The summed E-state index contributed by atoms with van der Waals surface area (Å²) in [6.45, 7) is 9.80. The summed E-state index contributed by atoms with van der Waals surface area (Å²) >= 11 is 0. The van der Waals surface area contributed by atoms with Crippen molar-refractivity contribution in [2.75, 3.05) is 25.0 Å². The molecule has 20 heavy (non-hydrogen) atoms. The summed E-state index contributed by atoms with van der Waals surface area (Å²) in [5.41, 5.74) is 7.62. The van der Waals surface area contributed by atoms with Crippen LogP contribution in [0.5, 0.6) is 0 Å². The van der Waals surface area contributed by atoms with Crippen LogP contribution in [0.15, 0.2) is 24.3 Å². The fraction of sp³-hybridized carbons (Fsp3) is 0.562. The molecular weight excluding hydrogens is 250 g/mol. The Morgan fingerprint density at radius 2 is 2.05 bits per heavy atom. The monoisotopic (exact) mass is 277 g/mol. The minimum atomic E-state index is 0.0305. The lowest BCUT2D eigenvalue weighted by Gasteiger charge is -2.18. The van der Waals surface area contributed by atoms with Crippen LogP contribution in [0.25, 0.3) is 0 Å². The quantitative estimate of drug-likeness (QED) is 0.767. The highest BCUT2D eigenvalue weighted by Crippen LogP contribution is 2.13. The van der Waals surface area contributed by atoms with Gasteiger partial charge >= 0.3 is 0 Å². The number of hydrogen-bond acceptors (Lipinski definition) is 3. The van der Waals surface area contributed by atoms with Gasteiger partial charge in [0.2, 0.25) is 5.91 Å². The van der Waals surface area contributed by atoms with Crippen LogP contribution in [0.1, 0.15) is 32.8 Å². The number of anilines is 1. The van der Waals surface area contributed by atoms with Crippen LogP contribution in [0.3, 0.4) is 0 Å². The molecule has 0 aliphatic carbocycles. The lowest BCUT2D eigenvalue weighted by Crippen LogP contribution is -2.22. The summed E-state index contributed by atoms with van der Waals surface area (Å²) in [7, 11) is 0. The molecule has 1 aromatic carbocycles. The Balaban J connectivity index is 2.61. The Morgan fingerprint density at radius 1 is 1.35 bits per heavy atom. The molecule has 1 rings (SSSR count). The van der Waals surface area contributed by atoms with Gasteiger partial charge in [-0.25, -0.2) is 0 Å². The van der Waals surface area contributed by atoms with Crippen LogP contribution in [-0.4, -0.2) is 30.4 Å². The number of carbonyl (C=O) groups is 1. The van der Waals surface area contributed by atoms with Crippen LogP contribution in [0.4, 0.5) is 5.69 Å².